The van der Waals surface area contributed by atoms with Gasteiger partial charge in [0, 0.05) is 18.6 Å². The fraction of sp³-hybridized carbons (Fsp3) is 0.167. The molecule has 0 radical (unpaired) electrons. The zero-order valence-corrected chi connectivity index (χ0v) is 22.1. The van der Waals surface area contributed by atoms with Crippen LogP contribution in [0, 0.1) is 0 Å². The summed E-state index contributed by atoms with van der Waals surface area (Å²) >= 11 is 6.09. The van der Waals surface area contributed by atoms with Gasteiger partial charge in [-0.2, -0.15) is 18.2 Å². The second-order valence-corrected chi connectivity index (χ2v) is 9.42. The van der Waals surface area contributed by atoms with Gasteiger partial charge in [0.1, 0.15) is 11.4 Å². The van der Waals surface area contributed by atoms with E-state index in [9.17, 15) is 13.2 Å². The minimum atomic E-state index is -4.33. The summed E-state index contributed by atoms with van der Waals surface area (Å²) in [4.78, 5) is 6.64. The molecule has 1 aromatic heterocycles. The van der Waals surface area contributed by atoms with Crippen molar-refractivity contribution in [2.45, 2.75) is 25.7 Å². The van der Waals surface area contributed by atoms with E-state index in [1.165, 1.54) is 24.4 Å². The normalized spacial score (nSPS) is 11.2. The van der Waals surface area contributed by atoms with Crippen molar-refractivity contribution in [3.63, 3.8) is 0 Å². The van der Waals surface area contributed by atoms with E-state index in [1.807, 2.05) is 59.0 Å². The Hall–Kier alpha value is -4.17. The van der Waals surface area contributed by atoms with E-state index < -0.39 is 12.6 Å². The van der Waals surface area contributed by atoms with Crippen molar-refractivity contribution in [3.8, 4) is 11.8 Å². The summed E-state index contributed by atoms with van der Waals surface area (Å²) in [6.45, 7) is 9.04. The first-order valence-electron chi connectivity index (χ1n) is 12.1. The van der Waals surface area contributed by atoms with Gasteiger partial charge in [-0.3, -0.25) is 4.57 Å². The van der Waals surface area contributed by atoms with Gasteiger partial charge in [-0.05, 0) is 47.2 Å². The number of hydrogen-bond acceptors (Lipinski definition) is 4. The van der Waals surface area contributed by atoms with Crippen molar-refractivity contribution in [2.75, 3.05) is 12.4 Å². The van der Waals surface area contributed by atoms with Crippen LogP contribution < -0.4 is 10.1 Å². The fourth-order valence-electron chi connectivity index (χ4n) is 4.11. The van der Waals surface area contributed by atoms with Crippen LogP contribution >= 0.6 is 11.6 Å². The lowest BCUT2D eigenvalue weighted by Gasteiger charge is -2.24. The number of anilines is 1. The Morgan fingerprint density at radius 1 is 1.03 bits per heavy atom. The second kappa shape index (κ2) is 12.1. The van der Waals surface area contributed by atoms with Crippen molar-refractivity contribution in [1.29, 1.82) is 0 Å². The lowest BCUT2D eigenvalue weighted by Crippen LogP contribution is -2.19. The monoisotopic (exact) mass is 552 g/mol. The Balaban J connectivity index is 1.75. The van der Waals surface area contributed by atoms with E-state index >= 15 is 0 Å². The first kappa shape index (κ1) is 27.9. The van der Waals surface area contributed by atoms with E-state index in [2.05, 4.69) is 23.5 Å². The molecule has 0 saturated heterocycles. The Bertz CT molecular complexity index is 1430. The molecule has 0 atom stereocenters. The second-order valence-electron chi connectivity index (χ2n) is 8.98. The van der Waals surface area contributed by atoms with Gasteiger partial charge in [0.25, 0.3) is 0 Å². The molecule has 1 N–H and O–H groups in total. The average Bonchev–Trinajstić information content (AvgIpc) is 3.21. The van der Waals surface area contributed by atoms with Gasteiger partial charge in [0.15, 0.2) is 5.82 Å². The van der Waals surface area contributed by atoms with Gasteiger partial charge >= 0.3 is 12.2 Å². The number of imidazole rings is 1. The third-order valence-electron chi connectivity index (χ3n) is 5.93. The molecule has 0 aliphatic carbocycles. The van der Waals surface area contributed by atoms with Crippen LogP contribution in [0.2, 0.25) is 5.02 Å². The molecular formula is C30H28ClF3N4O. The molecular weight excluding hydrogens is 525 g/mol. The predicted molar refractivity (Wildman–Crippen MR) is 150 cm³/mol. The quantitative estimate of drug-likeness (QED) is 0.204. The molecule has 0 aliphatic rings. The number of aromatic nitrogens is 2. The fourth-order valence-corrected chi connectivity index (χ4v) is 4.23. The topological polar surface area (TPSA) is 42.3 Å². The van der Waals surface area contributed by atoms with E-state index in [0.29, 0.717) is 35.3 Å². The highest BCUT2D eigenvalue weighted by atomic mass is 35.5. The summed E-state index contributed by atoms with van der Waals surface area (Å²) in [5, 5.41) is 3.65. The number of nitrogens with zero attached hydrogens (tertiary/aromatic N) is 3. The molecule has 0 amide bonds. The highest BCUT2D eigenvalue weighted by Gasteiger charge is 2.28. The summed E-state index contributed by atoms with van der Waals surface area (Å²) < 4.78 is 46.9. The molecule has 0 bridgehead atoms. The molecule has 5 nitrogen and oxygen atoms in total. The van der Waals surface area contributed by atoms with Crippen LogP contribution in [-0.2, 0) is 19.5 Å². The highest BCUT2D eigenvalue weighted by molar-refractivity contribution is 6.30. The van der Waals surface area contributed by atoms with Crippen LogP contribution in [0.3, 0.4) is 0 Å². The lowest BCUT2D eigenvalue weighted by atomic mass is 10.1. The number of ether oxygens (including phenoxy) is 1. The summed E-state index contributed by atoms with van der Waals surface area (Å²) in [7, 11) is 1.92. The highest BCUT2D eigenvalue weighted by Crippen LogP contribution is 2.34. The van der Waals surface area contributed by atoms with Gasteiger partial charge in [-0.25, -0.2) is 0 Å². The maximum absolute atomic E-state index is 13.0. The first-order chi connectivity index (χ1) is 18.6. The molecule has 0 spiro atoms. The molecule has 3 aromatic carbocycles. The Morgan fingerprint density at radius 3 is 2.38 bits per heavy atom. The van der Waals surface area contributed by atoms with Crippen molar-refractivity contribution in [3.05, 3.63) is 126 Å². The van der Waals surface area contributed by atoms with Crippen LogP contribution in [0.4, 0.5) is 19.0 Å². The first-order valence-corrected chi connectivity index (χ1v) is 12.5. The van der Waals surface area contributed by atoms with E-state index in [4.69, 9.17) is 16.3 Å². The molecule has 9 heteroatoms. The maximum atomic E-state index is 13.0. The summed E-state index contributed by atoms with van der Waals surface area (Å²) in [5.74, 6) is 0.685. The maximum Gasteiger partial charge on any atom is 0.393 e. The minimum absolute atomic E-state index is 0.0903. The number of benzene rings is 3. The molecule has 0 unspecified atom stereocenters. The lowest BCUT2D eigenvalue weighted by molar-refractivity contribution is -0.127. The van der Waals surface area contributed by atoms with Gasteiger partial charge in [0.2, 0.25) is 0 Å². The van der Waals surface area contributed by atoms with Gasteiger partial charge in [-0.15, -0.1) is 0 Å². The number of nitrogens with one attached hydrogen (secondary N) is 1. The van der Waals surface area contributed by atoms with E-state index in [-0.39, 0.29) is 17.3 Å². The zero-order valence-electron chi connectivity index (χ0n) is 21.4. The minimum Gasteiger partial charge on any atom is -0.425 e. The molecule has 4 aromatic rings. The molecule has 39 heavy (non-hydrogen) atoms. The number of halogens is 4. The van der Waals surface area contributed by atoms with Crippen LogP contribution in [0.25, 0.3) is 5.70 Å². The predicted octanol–water partition coefficient (Wildman–Crippen LogP) is 8.14. The summed E-state index contributed by atoms with van der Waals surface area (Å²) in [5.41, 5.74) is 3.40. The molecule has 202 valence electrons. The molecule has 0 fully saturated rings. The van der Waals surface area contributed by atoms with Crippen LogP contribution in [0.1, 0.15) is 22.4 Å². The number of alkyl halides is 3. The average molecular weight is 553 g/mol. The van der Waals surface area contributed by atoms with E-state index in [0.717, 1.165) is 11.1 Å². The Kier molecular flexibility index (Phi) is 8.66. The summed E-state index contributed by atoms with van der Waals surface area (Å²) in [6.07, 6.45) is -3.89. The standard InChI is InChI=1S/C30H28ClF3N4O/c1-4-35-28-27(21(2)37(3)19-22-9-6-5-7-10-22)38(20-23-13-15-25(31)16-14-23)29(36-28)39-26-12-8-11-24(17-26)18-30(32,33)34/h4-17,35H,1-2,18-20H2,3H3. The van der Waals surface area contributed by atoms with Gasteiger partial charge in [-0.1, -0.05) is 79.4 Å². The smallest absolute Gasteiger partial charge is 0.393 e. The van der Waals surface area contributed by atoms with Crippen molar-refractivity contribution >= 4 is 23.1 Å². The SMILES string of the molecule is C=CNc1nc(Oc2cccc(CC(F)(F)F)c2)n(Cc2ccc(Cl)cc2)c1C(=C)N(C)Cc1ccccc1. The molecule has 0 saturated carbocycles. The third kappa shape index (κ3) is 7.45. The molecule has 4 rings (SSSR count). The number of rotatable bonds is 11. The Morgan fingerprint density at radius 2 is 1.72 bits per heavy atom. The molecule has 1 heterocycles. The largest absolute Gasteiger partial charge is 0.425 e. The van der Waals surface area contributed by atoms with Crippen molar-refractivity contribution in [2.24, 2.45) is 0 Å². The molecule has 0 aliphatic heterocycles. The van der Waals surface area contributed by atoms with Crippen molar-refractivity contribution < 1.29 is 17.9 Å². The van der Waals surface area contributed by atoms with Gasteiger partial charge in [0.05, 0.1) is 18.7 Å². The van der Waals surface area contributed by atoms with Crippen molar-refractivity contribution in [1.82, 2.24) is 14.5 Å². The van der Waals surface area contributed by atoms with Crippen LogP contribution in [0.5, 0.6) is 11.8 Å². The van der Waals surface area contributed by atoms with Gasteiger partial charge < -0.3 is 15.0 Å². The van der Waals surface area contributed by atoms with Crippen LogP contribution in [0.15, 0.2) is 98.2 Å². The van der Waals surface area contributed by atoms with E-state index in [1.54, 1.807) is 18.2 Å². The zero-order chi connectivity index (χ0) is 28.0. The number of hydrogen-bond donors (Lipinski definition) is 1. The van der Waals surface area contributed by atoms with Crippen LogP contribution in [-0.4, -0.2) is 27.7 Å². The third-order valence-corrected chi connectivity index (χ3v) is 6.19. The summed E-state index contributed by atoms with van der Waals surface area (Å²) in [6, 6.07) is 23.4. The Labute approximate surface area is 230 Å².